The van der Waals surface area contributed by atoms with E-state index in [1.54, 1.807) is 23.1 Å². The molecule has 0 bridgehead atoms. The van der Waals surface area contributed by atoms with E-state index in [4.69, 9.17) is 16.3 Å². The largest absolute Gasteiger partial charge is 0.452 e. The van der Waals surface area contributed by atoms with Gasteiger partial charge in [-0.1, -0.05) is 66.7 Å². The molecule has 0 aliphatic carbocycles. The predicted octanol–water partition coefficient (Wildman–Crippen LogP) is 6.52. The summed E-state index contributed by atoms with van der Waals surface area (Å²) in [5.41, 5.74) is 4.36. The monoisotopic (exact) mass is 462 g/mol. The van der Waals surface area contributed by atoms with Gasteiger partial charge in [-0.3, -0.25) is 4.79 Å². The van der Waals surface area contributed by atoms with Gasteiger partial charge in [-0.25, -0.2) is 4.39 Å². The zero-order valence-corrected chi connectivity index (χ0v) is 19.3. The van der Waals surface area contributed by atoms with Gasteiger partial charge in [0.25, 0.3) is 5.91 Å². The molecule has 33 heavy (non-hydrogen) atoms. The smallest absolute Gasteiger partial charge is 0.258 e. The first-order chi connectivity index (χ1) is 15.9. The Labute approximate surface area is 198 Å². The second-order valence-electron chi connectivity index (χ2n) is 8.05. The lowest BCUT2D eigenvalue weighted by atomic mass is 10.0. The minimum atomic E-state index is -0.579. The Kier molecular flexibility index (Phi) is 6.52. The lowest BCUT2D eigenvalue weighted by Gasteiger charge is -2.17. The number of para-hydroxylation sites is 1. The molecule has 0 saturated heterocycles. The van der Waals surface area contributed by atoms with Crippen molar-refractivity contribution >= 4 is 23.1 Å². The van der Waals surface area contributed by atoms with Crippen molar-refractivity contribution in [1.82, 2.24) is 9.80 Å². The highest BCUT2D eigenvalue weighted by Crippen LogP contribution is 2.37. The van der Waals surface area contributed by atoms with E-state index < -0.39 is 5.82 Å². The third-order valence-electron chi connectivity index (χ3n) is 5.38. The van der Waals surface area contributed by atoms with Crippen molar-refractivity contribution in [1.29, 1.82) is 0 Å². The second kappa shape index (κ2) is 9.51. The van der Waals surface area contributed by atoms with Crippen LogP contribution in [0, 0.1) is 5.82 Å². The first kappa shape index (κ1) is 22.6. The number of benzene rings is 3. The molecule has 0 radical (unpaired) electrons. The summed E-state index contributed by atoms with van der Waals surface area (Å²) in [6.45, 7) is 4.79. The lowest BCUT2D eigenvalue weighted by molar-refractivity contribution is 0.0765. The van der Waals surface area contributed by atoms with Gasteiger partial charge in [-0.05, 0) is 40.5 Å². The number of carbonyl (C=O) groups is 1. The fourth-order valence-electron chi connectivity index (χ4n) is 3.84. The zero-order chi connectivity index (χ0) is 23.5. The molecule has 0 fully saturated rings. The summed E-state index contributed by atoms with van der Waals surface area (Å²) in [7, 11) is 3.93. The van der Waals surface area contributed by atoms with Crippen molar-refractivity contribution in [3.63, 3.8) is 0 Å². The molecular weight excluding hydrogens is 439 g/mol. The van der Waals surface area contributed by atoms with Crippen molar-refractivity contribution in [2.24, 2.45) is 0 Å². The van der Waals surface area contributed by atoms with E-state index in [1.807, 2.05) is 61.6 Å². The number of carbonyl (C=O) groups excluding carboxylic acids is 1. The van der Waals surface area contributed by atoms with Gasteiger partial charge < -0.3 is 14.5 Å². The standard InChI is InChI=1S/C27H24ClFN2O2/c1-4-19(16-30(2)3)20-13-11-18(12-14-20)15-31-17-21-7-5-10-24(25(21)27(31)32)33-26-22(28)8-6-9-23(26)29/h4-14,16H,1,15,17H2,2-3H3/b19-16+. The van der Waals surface area contributed by atoms with Crippen LogP contribution in [-0.2, 0) is 13.1 Å². The quantitative estimate of drug-likeness (QED) is 0.375. The Morgan fingerprint density at radius 3 is 2.55 bits per heavy atom. The average molecular weight is 463 g/mol. The minimum absolute atomic E-state index is 0.0850. The minimum Gasteiger partial charge on any atom is -0.452 e. The molecule has 168 valence electrons. The summed E-state index contributed by atoms with van der Waals surface area (Å²) in [4.78, 5) is 16.9. The molecule has 1 aliphatic heterocycles. The van der Waals surface area contributed by atoms with Gasteiger partial charge in [-0.15, -0.1) is 0 Å². The fraction of sp³-hybridized carbons (Fsp3) is 0.148. The van der Waals surface area contributed by atoms with Gasteiger partial charge in [-0.2, -0.15) is 0 Å². The van der Waals surface area contributed by atoms with Gasteiger partial charge in [0.2, 0.25) is 0 Å². The summed E-state index contributed by atoms with van der Waals surface area (Å²) in [6.07, 6.45) is 3.82. The van der Waals surface area contributed by atoms with Crippen LogP contribution < -0.4 is 4.74 Å². The van der Waals surface area contributed by atoms with Crippen molar-refractivity contribution in [3.8, 4) is 11.5 Å². The highest BCUT2D eigenvalue weighted by Gasteiger charge is 2.31. The molecule has 0 saturated carbocycles. The maximum absolute atomic E-state index is 14.2. The van der Waals surface area contributed by atoms with E-state index in [9.17, 15) is 9.18 Å². The zero-order valence-electron chi connectivity index (χ0n) is 18.5. The highest BCUT2D eigenvalue weighted by molar-refractivity contribution is 6.32. The molecule has 0 aromatic heterocycles. The Bertz CT molecular complexity index is 1220. The van der Waals surface area contributed by atoms with Crippen LogP contribution in [-0.4, -0.2) is 29.8 Å². The third-order valence-corrected chi connectivity index (χ3v) is 5.68. The molecule has 0 N–H and O–H groups in total. The van der Waals surface area contributed by atoms with Crippen LogP contribution in [0.3, 0.4) is 0 Å². The van der Waals surface area contributed by atoms with Gasteiger partial charge in [0, 0.05) is 33.4 Å². The number of hydrogen-bond acceptors (Lipinski definition) is 3. The van der Waals surface area contributed by atoms with Gasteiger partial charge in [0.1, 0.15) is 5.75 Å². The molecule has 3 aromatic rings. The molecule has 1 aliphatic rings. The molecule has 6 heteroatoms. The van der Waals surface area contributed by atoms with Gasteiger partial charge in [0.15, 0.2) is 11.6 Å². The highest BCUT2D eigenvalue weighted by atomic mass is 35.5. The van der Waals surface area contributed by atoms with Gasteiger partial charge in [0.05, 0.1) is 10.6 Å². The van der Waals surface area contributed by atoms with Crippen molar-refractivity contribution in [2.45, 2.75) is 13.1 Å². The molecule has 0 spiro atoms. The number of allylic oxidation sites excluding steroid dienone is 2. The molecular formula is C27H24ClFN2O2. The lowest BCUT2D eigenvalue weighted by Crippen LogP contribution is -2.23. The number of hydrogen-bond donors (Lipinski definition) is 0. The van der Waals surface area contributed by atoms with E-state index in [-0.39, 0.29) is 16.7 Å². The average Bonchev–Trinajstić information content (AvgIpc) is 3.11. The number of fused-ring (bicyclic) bond motifs is 1. The van der Waals surface area contributed by atoms with E-state index >= 15 is 0 Å². The Morgan fingerprint density at radius 2 is 1.88 bits per heavy atom. The summed E-state index contributed by atoms with van der Waals surface area (Å²) in [5, 5.41) is 0.150. The molecule has 0 unspecified atom stereocenters. The first-order valence-electron chi connectivity index (χ1n) is 10.5. The van der Waals surface area contributed by atoms with Crippen LogP contribution in [0.1, 0.15) is 27.0 Å². The maximum Gasteiger partial charge on any atom is 0.258 e. The number of nitrogens with zero attached hydrogens (tertiary/aromatic N) is 2. The first-order valence-corrected chi connectivity index (χ1v) is 10.9. The number of ether oxygens (including phenoxy) is 1. The summed E-state index contributed by atoms with van der Waals surface area (Å²) >= 11 is 6.10. The van der Waals surface area contributed by atoms with Gasteiger partial charge >= 0.3 is 0 Å². The Morgan fingerprint density at radius 1 is 1.15 bits per heavy atom. The van der Waals surface area contributed by atoms with Crippen LogP contribution in [0.5, 0.6) is 11.5 Å². The molecule has 4 nitrogen and oxygen atoms in total. The Hall–Kier alpha value is -3.57. The van der Waals surface area contributed by atoms with Crippen LogP contribution in [0.2, 0.25) is 5.02 Å². The van der Waals surface area contributed by atoms with Crippen molar-refractivity contribution in [2.75, 3.05) is 14.1 Å². The van der Waals surface area contributed by atoms with Crippen LogP contribution in [0.4, 0.5) is 4.39 Å². The summed E-state index contributed by atoms with van der Waals surface area (Å²) in [5.74, 6) is -0.522. The summed E-state index contributed by atoms with van der Waals surface area (Å²) < 4.78 is 20.0. The van der Waals surface area contributed by atoms with E-state index in [0.29, 0.717) is 24.4 Å². The second-order valence-corrected chi connectivity index (χ2v) is 8.46. The van der Waals surface area contributed by atoms with Crippen molar-refractivity contribution in [3.05, 3.63) is 113 Å². The Balaban J connectivity index is 1.54. The number of rotatable bonds is 7. The molecule has 1 heterocycles. The van der Waals surface area contributed by atoms with E-state index in [1.165, 1.54) is 12.1 Å². The normalized spacial score (nSPS) is 13.2. The SMILES string of the molecule is C=C/C(=C\N(C)C)c1ccc(CN2Cc3cccc(Oc4c(F)cccc4Cl)c3C2=O)cc1. The van der Waals surface area contributed by atoms with E-state index in [2.05, 4.69) is 6.58 Å². The third kappa shape index (κ3) is 4.78. The molecule has 0 atom stereocenters. The van der Waals surface area contributed by atoms with Crippen LogP contribution >= 0.6 is 11.6 Å². The number of amides is 1. The summed E-state index contributed by atoms with van der Waals surface area (Å²) in [6, 6.07) is 17.7. The topological polar surface area (TPSA) is 32.8 Å². The predicted molar refractivity (Wildman–Crippen MR) is 130 cm³/mol. The molecule has 3 aromatic carbocycles. The van der Waals surface area contributed by atoms with E-state index in [0.717, 1.165) is 22.3 Å². The van der Waals surface area contributed by atoms with Crippen LogP contribution in [0.25, 0.3) is 5.57 Å². The maximum atomic E-state index is 14.2. The molecule has 4 rings (SSSR count). The number of halogens is 2. The van der Waals surface area contributed by atoms with Crippen molar-refractivity contribution < 1.29 is 13.9 Å². The fourth-order valence-corrected chi connectivity index (χ4v) is 4.04. The molecule has 1 amide bonds. The van der Waals surface area contributed by atoms with Crippen LogP contribution in [0.15, 0.2) is 79.5 Å².